The Morgan fingerprint density at radius 2 is 1.36 bits per heavy atom. The standard InChI is InChI=1S/C21H33NO3/c1-2-3-4-5-6-7-8-9-10-11-16-22-19-14-12-18(13-15-19)20(23)17-21(24)25/h12-15,22H,2-11,16-17H2,1H3,(H,24,25). The number of carboxylic acid groups (broad SMARTS) is 1. The van der Waals surface area contributed by atoms with E-state index in [0.717, 1.165) is 18.7 Å². The highest BCUT2D eigenvalue weighted by Gasteiger charge is 2.09. The Morgan fingerprint density at radius 1 is 0.840 bits per heavy atom. The molecule has 0 aliphatic rings. The van der Waals surface area contributed by atoms with Crippen molar-refractivity contribution in [3.05, 3.63) is 29.8 Å². The van der Waals surface area contributed by atoms with Gasteiger partial charge >= 0.3 is 5.97 Å². The van der Waals surface area contributed by atoms with E-state index in [1.807, 2.05) is 12.1 Å². The molecule has 0 aliphatic carbocycles. The van der Waals surface area contributed by atoms with Crippen LogP contribution in [0.5, 0.6) is 0 Å². The molecule has 2 N–H and O–H groups in total. The van der Waals surface area contributed by atoms with Gasteiger partial charge in [0.25, 0.3) is 0 Å². The van der Waals surface area contributed by atoms with Crippen molar-refractivity contribution in [2.45, 2.75) is 77.6 Å². The van der Waals surface area contributed by atoms with Gasteiger partial charge in [0.1, 0.15) is 6.42 Å². The van der Waals surface area contributed by atoms with Crippen molar-refractivity contribution in [1.82, 2.24) is 0 Å². The number of unbranched alkanes of at least 4 members (excludes halogenated alkanes) is 9. The third kappa shape index (κ3) is 10.6. The fraction of sp³-hybridized carbons (Fsp3) is 0.619. The van der Waals surface area contributed by atoms with Crippen molar-refractivity contribution in [3.63, 3.8) is 0 Å². The average Bonchev–Trinajstić information content (AvgIpc) is 2.59. The van der Waals surface area contributed by atoms with Gasteiger partial charge in [-0.25, -0.2) is 0 Å². The summed E-state index contributed by atoms with van der Waals surface area (Å²) in [5, 5.41) is 12.0. The summed E-state index contributed by atoms with van der Waals surface area (Å²) in [5.74, 6) is -1.44. The predicted molar refractivity (Wildman–Crippen MR) is 103 cm³/mol. The zero-order valence-corrected chi connectivity index (χ0v) is 15.6. The largest absolute Gasteiger partial charge is 0.481 e. The lowest BCUT2D eigenvalue weighted by molar-refractivity contribution is -0.135. The number of hydrogen-bond acceptors (Lipinski definition) is 3. The number of Topliss-reactive ketones (excluding diaryl/α,β-unsaturated/α-hetero) is 1. The third-order valence-corrected chi connectivity index (χ3v) is 4.38. The Balaban J connectivity index is 2.05. The minimum absolute atomic E-state index is 0.353. The molecule has 25 heavy (non-hydrogen) atoms. The lowest BCUT2D eigenvalue weighted by atomic mass is 10.1. The van der Waals surface area contributed by atoms with Crippen LogP contribution in [0.25, 0.3) is 0 Å². The molecule has 0 saturated heterocycles. The van der Waals surface area contributed by atoms with E-state index in [4.69, 9.17) is 5.11 Å². The van der Waals surface area contributed by atoms with E-state index in [1.54, 1.807) is 12.1 Å². The molecule has 0 amide bonds. The molecule has 4 nitrogen and oxygen atoms in total. The van der Waals surface area contributed by atoms with Crippen molar-refractivity contribution in [2.24, 2.45) is 0 Å². The second kappa shape index (κ2) is 13.5. The summed E-state index contributed by atoms with van der Waals surface area (Å²) in [6, 6.07) is 7.05. The summed E-state index contributed by atoms with van der Waals surface area (Å²) in [6.07, 6.45) is 12.8. The van der Waals surface area contributed by atoms with Crippen LogP contribution in [0, 0.1) is 0 Å². The first-order valence-corrected chi connectivity index (χ1v) is 9.72. The minimum atomic E-state index is -1.09. The zero-order chi connectivity index (χ0) is 18.3. The normalized spacial score (nSPS) is 10.6. The molecule has 4 heteroatoms. The molecule has 140 valence electrons. The summed E-state index contributed by atoms with van der Waals surface area (Å²) in [7, 11) is 0. The van der Waals surface area contributed by atoms with Gasteiger partial charge < -0.3 is 10.4 Å². The SMILES string of the molecule is CCCCCCCCCCCCNc1ccc(C(=O)CC(=O)O)cc1. The number of carboxylic acids is 1. The number of aliphatic carboxylic acids is 1. The van der Waals surface area contributed by atoms with E-state index < -0.39 is 12.4 Å². The second-order valence-electron chi connectivity index (χ2n) is 6.68. The monoisotopic (exact) mass is 347 g/mol. The fourth-order valence-corrected chi connectivity index (χ4v) is 2.86. The van der Waals surface area contributed by atoms with E-state index in [2.05, 4.69) is 12.2 Å². The van der Waals surface area contributed by atoms with Gasteiger partial charge in [0.15, 0.2) is 5.78 Å². The van der Waals surface area contributed by atoms with Crippen molar-refractivity contribution < 1.29 is 14.7 Å². The Hall–Kier alpha value is -1.84. The molecule has 1 aromatic carbocycles. The van der Waals surface area contributed by atoms with Crippen LogP contribution >= 0.6 is 0 Å². The lowest BCUT2D eigenvalue weighted by Gasteiger charge is -2.07. The highest BCUT2D eigenvalue weighted by Crippen LogP contribution is 2.13. The van der Waals surface area contributed by atoms with Gasteiger partial charge in [-0.15, -0.1) is 0 Å². The van der Waals surface area contributed by atoms with E-state index >= 15 is 0 Å². The van der Waals surface area contributed by atoms with E-state index in [0.29, 0.717) is 5.56 Å². The molecule has 0 spiro atoms. The smallest absolute Gasteiger partial charge is 0.311 e. The number of hydrogen-bond donors (Lipinski definition) is 2. The van der Waals surface area contributed by atoms with Crippen molar-refractivity contribution in [3.8, 4) is 0 Å². The number of rotatable bonds is 15. The van der Waals surface area contributed by atoms with Crippen LogP contribution in [0.3, 0.4) is 0 Å². The maximum atomic E-state index is 11.6. The van der Waals surface area contributed by atoms with Gasteiger partial charge in [0, 0.05) is 17.8 Å². The van der Waals surface area contributed by atoms with Crippen molar-refractivity contribution >= 4 is 17.4 Å². The molecule has 0 aromatic heterocycles. The Labute approximate surface area is 152 Å². The molecular weight excluding hydrogens is 314 g/mol. The summed E-state index contributed by atoms with van der Waals surface area (Å²) < 4.78 is 0. The van der Waals surface area contributed by atoms with Gasteiger partial charge in [-0.3, -0.25) is 9.59 Å². The van der Waals surface area contributed by atoms with E-state index in [-0.39, 0.29) is 5.78 Å². The number of carbonyl (C=O) groups excluding carboxylic acids is 1. The first kappa shape index (κ1) is 21.2. The topological polar surface area (TPSA) is 66.4 Å². The van der Waals surface area contributed by atoms with Crippen LogP contribution in [0.1, 0.15) is 87.9 Å². The molecule has 0 radical (unpaired) electrons. The molecule has 0 saturated carbocycles. The fourth-order valence-electron chi connectivity index (χ4n) is 2.86. The first-order valence-electron chi connectivity index (χ1n) is 9.72. The van der Waals surface area contributed by atoms with Gasteiger partial charge in [0.05, 0.1) is 0 Å². The molecule has 0 atom stereocenters. The number of anilines is 1. The average molecular weight is 347 g/mol. The molecule has 0 bridgehead atoms. The van der Waals surface area contributed by atoms with Crippen LogP contribution in [0.2, 0.25) is 0 Å². The van der Waals surface area contributed by atoms with Crippen LogP contribution in [-0.2, 0) is 4.79 Å². The van der Waals surface area contributed by atoms with Gasteiger partial charge in [-0.05, 0) is 30.7 Å². The minimum Gasteiger partial charge on any atom is -0.481 e. The Bertz CT molecular complexity index is 496. The van der Waals surface area contributed by atoms with Crippen LogP contribution in [-0.4, -0.2) is 23.4 Å². The molecule has 0 fully saturated rings. The number of ketones is 1. The molecule has 0 unspecified atom stereocenters. The maximum absolute atomic E-state index is 11.6. The number of carbonyl (C=O) groups is 2. The number of nitrogens with one attached hydrogen (secondary N) is 1. The van der Waals surface area contributed by atoms with Crippen LogP contribution < -0.4 is 5.32 Å². The quantitative estimate of drug-likeness (QED) is 0.243. The van der Waals surface area contributed by atoms with Crippen molar-refractivity contribution in [2.75, 3.05) is 11.9 Å². The van der Waals surface area contributed by atoms with E-state index in [9.17, 15) is 9.59 Å². The van der Waals surface area contributed by atoms with Gasteiger partial charge in [0.2, 0.25) is 0 Å². The van der Waals surface area contributed by atoms with Gasteiger partial charge in [-0.2, -0.15) is 0 Å². The second-order valence-corrected chi connectivity index (χ2v) is 6.68. The summed E-state index contributed by atoms with van der Waals surface area (Å²) >= 11 is 0. The first-order chi connectivity index (χ1) is 12.1. The highest BCUT2D eigenvalue weighted by atomic mass is 16.4. The Kier molecular flexibility index (Phi) is 11.4. The lowest BCUT2D eigenvalue weighted by Crippen LogP contribution is -2.07. The third-order valence-electron chi connectivity index (χ3n) is 4.38. The molecule has 1 aromatic rings. The zero-order valence-electron chi connectivity index (χ0n) is 15.6. The van der Waals surface area contributed by atoms with Crippen molar-refractivity contribution in [1.29, 1.82) is 0 Å². The summed E-state index contributed by atoms with van der Waals surface area (Å²) in [4.78, 5) is 22.2. The van der Waals surface area contributed by atoms with Crippen LogP contribution in [0.15, 0.2) is 24.3 Å². The van der Waals surface area contributed by atoms with Crippen LogP contribution in [0.4, 0.5) is 5.69 Å². The highest BCUT2D eigenvalue weighted by molar-refractivity contribution is 6.05. The number of benzene rings is 1. The summed E-state index contributed by atoms with van der Waals surface area (Å²) in [6.45, 7) is 3.18. The Morgan fingerprint density at radius 3 is 1.88 bits per heavy atom. The predicted octanol–water partition coefficient (Wildman–Crippen LogP) is 5.68. The van der Waals surface area contributed by atoms with Gasteiger partial charge in [-0.1, -0.05) is 64.7 Å². The van der Waals surface area contributed by atoms with E-state index in [1.165, 1.54) is 57.8 Å². The molecule has 0 heterocycles. The molecule has 0 aliphatic heterocycles. The summed E-state index contributed by atoms with van der Waals surface area (Å²) in [5.41, 5.74) is 1.43. The molecular formula is C21H33NO3. The molecule has 1 rings (SSSR count). The maximum Gasteiger partial charge on any atom is 0.311 e.